The van der Waals surface area contributed by atoms with Crippen LogP contribution in [0.25, 0.3) is 0 Å². The van der Waals surface area contributed by atoms with Gasteiger partial charge in [0.05, 0.1) is 18.5 Å². The molecule has 0 saturated carbocycles. The van der Waals surface area contributed by atoms with E-state index in [0.29, 0.717) is 18.0 Å². The van der Waals surface area contributed by atoms with Crippen molar-refractivity contribution in [2.24, 2.45) is 0 Å². The lowest BCUT2D eigenvalue weighted by molar-refractivity contribution is -0.122. The summed E-state index contributed by atoms with van der Waals surface area (Å²) < 4.78 is 5.08. The van der Waals surface area contributed by atoms with Gasteiger partial charge < -0.3 is 15.4 Å². The number of rotatable bonds is 7. The zero-order valence-electron chi connectivity index (χ0n) is 16.0. The first kappa shape index (κ1) is 19.4. The van der Waals surface area contributed by atoms with Crippen molar-refractivity contribution in [3.8, 4) is 5.75 Å². The number of H-pyrrole nitrogens is 1. The van der Waals surface area contributed by atoms with Gasteiger partial charge in [-0.05, 0) is 44.5 Å². The zero-order valence-corrected chi connectivity index (χ0v) is 16.0. The molecule has 1 aromatic heterocycles. The fraction of sp³-hybridized carbons (Fsp3) is 0.368. The molecular weight excluding hydrogens is 362 g/mol. The minimum absolute atomic E-state index is 0.128. The molecular formula is C19H23N5O4. The van der Waals surface area contributed by atoms with Gasteiger partial charge in [-0.15, -0.1) is 0 Å². The number of hydrogen-bond donors (Lipinski definition) is 3. The molecule has 1 aliphatic rings. The van der Waals surface area contributed by atoms with Crippen LogP contribution in [0.1, 0.15) is 29.8 Å². The van der Waals surface area contributed by atoms with Crippen molar-refractivity contribution in [2.45, 2.75) is 39.3 Å². The third-order valence-corrected chi connectivity index (χ3v) is 4.75. The number of carbonyl (C=O) groups is 3. The molecule has 1 atom stereocenters. The third-order valence-electron chi connectivity index (χ3n) is 4.75. The summed E-state index contributed by atoms with van der Waals surface area (Å²) in [4.78, 5) is 38.0. The van der Waals surface area contributed by atoms with Crippen LogP contribution in [0, 0.1) is 13.8 Å². The number of aromatic amines is 1. The Morgan fingerprint density at radius 3 is 2.57 bits per heavy atom. The molecule has 0 spiro atoms. The van der Waals surface area contributed by atoms with Crippen LogP contribution in [0.2, 0.25) is 0 Å². The molecule has 9 heteroatoms. The Hall–Kier alpha value is -3.36. The van der Waals surface area contributed by atoms with Crippen LogP contribution in [0.5, 0.6) is 5.75 Å². The summed E-state index contributed by atoms with van der Waals surface area (Å²) in [6, 6.07) is 5.41. The van der Waals surface area contributed by atoms with Crippen LogP contribution in [-0.4, -0.2) is 41.2 Å². The lowest BCUT2D eigenvalue weighted by Crippen LogP contribution is -2.32. The first-order chi connectivity index (χ1) is 13.4. The number of imide groups is 1. The van der Waals surface area contributed by atoms with Gasteiger partial charge >= 0.3 is 6.03 Å². The van der Waals surface area contributed by atoms with Crippen molar-refractivity contribution in [3.05, 3.63) is 41.2 Å². The van der Waals surface area contributed by atoms with E-state index in [1.807, 2.05) is 13.8 Å². The summed E-state index contributed by atoms with van der Waals surface area (Å²) in [7, 11) is 1.54. The van der Waals surface area contributed by atoms with Crippen LogP contribution >= 0.6 is 0 Å². The Morgan fingerprint density at radius 2 is 1.96 bits per heavy atom. The maximum absolute atomic E-state index is 12.6. The molecule has 0 radical (unpaired) electrons. The van der Waals surface area contributed by atoms with Crippen molar-refractivity contribution in [3.63, 3.8) is 0 Å². The van der Waals surface area contributed by atoms with Crippen molar-refractivity contribution in [1.29, 1.82) is 0 Å². The number of aromatic nitrogens is 2. The predicted molar refractivity (Wildman–Crippen MR) is 102 cm³/mol. The molecule has 1 saturated heterocycles. The summed E-state index contributed by atoms with van der Waals surface area (Å²) in [6.07, 6.45) is 0.357. The Morgan fingerprint density at radius 1 is 1.25 bits per heavy atom. The van der Waals surface area contributed by atoms with Crippen LogP contribution in [0.3, 0.4) is 0 Å². The van der Waals surface area contributed by atoms with Crippen molar-refractivity contribution >= 4 is 23.5 Å². The summed E-state index contributed by atoms with van der Waals surface area (Å²) in [5.74, 6) is 0.0709. The molecule has 2 aromatic rings. The topological polar surface area (TPSA) is 116 Å². The third kappa shape index (κ3) is 3.98. The molecule has 0 aliphatic carbocycles. The molecule has 0 unspecified atom stereocenters. The quantitative estimate of drug-likeness (QED) is 0.626. The van der Waals surface area contributed by atoms with Gasteiger partial charge in [0.1, 0.15) is 11.8 Å². The van der Waals surface area contributed by atoms with Gasteiger partial charge in [0.15, 0.2) is 0 Å². The van der Waals surface area contributed by atoms with Crippen LogP contribution < -0.4 is 20.3 Å². The molecule has 28 heavy (non-hydrogen) atoms. The SMILES string of the molecule is COc1ccc(N2C(=O)N[C@@H](CCC(=O)NCc3c(C)n[nH]c3C)C2=O)cc1. The molecule has 0 bridgehead atoms. The number of benzene rings is 1. The molecule has 3 rings (SSSR count). The van der Waals surface area contributed by atoms with Crippen molar-refractivity contribution < 1.29 is 19.1 Å². The molecule has 4 amide bonds. The minimum atomic E-state index is -0.724. The summed E-state index contributed by atoms with van der Waals surface area (Å²) in [5.41, 5.74) is 3.16. The van der Waals surface area contributed by atoms with E-state index in [9.17, 15) is 14.4 Å². The van der Waals surface area contributed by atoms with Crippen LogP contribution in [-0.2, 0) is 16.1 Å². The second kappa shape index (κ2) is 8.12. The highest BCUT2D eigenvalue weighted by Gasteiger charge is 2.38. The summed E-state index contributed by atoms with van der Waals surface area (Å²) in [5, 5.41) is 12.4. The number of nitrogens with one attached hydrogen (secondary N) is 3. The number of amides is 4. The highest BCUT2D eigenvalue weighted by atomic mass is 16.5. The molecule has 1 fully saturated rings. The molecule has 9 nitrogen and oxygen atoms in total. The second-order valence-electron chi connectivity index (χ2n) is 6.60. The van der Waals surface area contributed by atoms with Gasteiger partial charge in [-0.1, -0.05) is 0 Å². The number of nitrogens with zero attached hydrogens (tertiary/aromatic N) is 2. The molecule has 1 aliphatic heterocycles. The van der Waals surface area contributed by atoms with Crippen LogP contribution in [0.15, 0.2) is 24.3 Å². The van der Waals surface area contributed by atoms with Gasteiger partial charge in [0.2, 0.25) is 5.91 Å². The average molecular weight is 385 g/mol. The smallest absolute Gasteiger partial charge is 0.329 e. The summed E-state index contributed by atoms with van der Waals surface area (Å²) in [6.45, 7) is 4.13. The fourth-order valence-electron chi connectivity index (χ4n) is 3.09. The number of carbonyl (C=O) groups excluding carboxylic acids is 3. The van der Waals surface area contributed by atoms with Gasteiger partial charge in [0, 0.05) is 24.2 Å². The number of ether oxygens (including phenoxy) is 1. The van der Waals surface area contributed by atoms with Gasteiger partial charge in [-0.3, -0.25) is 14.7 Å². The predicted octanol–water partition coefficient (Wildman–Crippen LogP) is 1.56. The zero-order chi connectivity index (χ0) is 20.3. The van der Waals surface area contributed by atoms with E-state index >= 15 is 0 Å². The highest BCUT2D eigenvalue weighted by molar-refractivity contribution is 6.21. The Bertz CT molecular complexity index is 871. The van der Waals surface area contributed by atoms with Crippen molar-refractivity contribution in [1.82, 2.24) is 20.8 Å². The number of methoxy groups -OCH3 is 1. The number of hydrogen-bond acceptors (Lipinski definition) is 5. The van der Waals surface area contributed by atoms with Gasteiger partial charge in [-0.2, -0.15) is 5.10 Å². The molecule has 148 valence electrons. The van der Waals surface area contributed by atoms with E-state index in [4.69, 9.17) is 4.74 Å². The number of anilines is 1. The summed E-state index contributed by atoms with van der Waals surface area (Å²) >= 11 is 0. The Balaban J connectivity index is 1.54. The van der Waals surface area contributed by atoms with E-state index < -0.39 is 12.1 Å². The largest absolute Gasteiger partial charge is 0.497 e. The van der Waals surface area contributed by atoms with E-state index in [1.54, 1.807) is 31.4 Å². The van der Waals surface area contributed by atoms with E-state index in [1.165, 1.54) is 0 Å². The number of urea groups is 1. The maximum Gasteiger partial charge on any atom is 0.329 e. The number of aryl methyl sites for hydroxylation is 2. The maximum atomic E-state index is 12.6. The first-order valence-corrected chi connectivity index (χ1v) is 8.96. The van der Waals surface area contributed by atoms with Crippen molar-refractivity contribution in [2.75, 3.05) is 12.0 Å². The monoisotopic (exact) mass is 385 g/mol. The van der Waals surface area contributed by atoms with E-state index in [0.717, 1.165) is 21.9 Å². The van der Waals surface area contributed by atoms with E-state index in [2.05, 4.69) is 20.8 Å². The average Bonchev–Trinajstić information content (AvgIpc) is 3.16. The second-order valence-corrected chi connectivity index (χ2v) is 6.60. The first-order valence-electron chi connectivity index (χ1n) is 8.96. The molecule has 1 aromatic carbocycles. The standard InChI is InChI=1S/C19H23N5O4/c1-11-15(12(2)23-22-11)10-20-17(25)9-8-16-18(26)24(19(27)21-16)13-4-6-14(28-3)7-5-13/h4-7,16H,8-10H2,1-3H3,(H,20,25)(H,21,27)(H,22,23)/t16-/m0/s1. The fourth-order valence-corrected chi connectivity index (χ4v) is 3.09. The lowest BCUT2D eigenvalue weighted by atomic mass is 10.1. The Kier molecular flexibility index (Phi) is 5.62. The normalized spacial score (nSPS) is 16.2. The lowest BCUT2D eigenvalue weighted by Gasteiger charge is -2.13. The van der Waals surface area contributed by atoms with Gasteiger partial charge in [0.25, 0.3) is 5.91 Å². The highest BCUT2D eigenvalue weighted by Crippen LogP contribution is 2.23. The van der Waals surface area contributed by atoms with E-state index in [-0.39, 0.29) is 24.7 Å². The molecule has 3 N–H and O–H groups in total. The van der Waals surface area contributed by atoms with Gasteiger partial charge in [-0.25, -0.2) is 9.69 Å². The Labute approximate surface area is 162 Å². The minimum Gasteiger partial charge on any atom is -0.497 e. The van der Waals surface area contributed by atoms with Crippen LogP contribution in [0.4, 0.5) is 10.5 Å². The molecule has 2 heterocycles.